The number of aldehydes is 1. The molecular weight excluding hydrogens is 288 g/mol. The van der Waals surface area contributed by atoms with E-state index in [1.165, 1.54) is 11.3 Å². The van der Waals surface area contributed by atoms with Crippen LogP contribution in [0.2, 0.25) is 0 Å². The van der Waals surface area contributed by atoms with Gasteiger partial charge in [-0.3, -0.25) is 4.79 Å². The van der Waals surface area contributed by atoms with Gasteiger partial charge < -0.3 is 9.64 Å². The maximum atomic E-state index is 11.5. The van der Waals surface area contributed by atoms with Crippen molar-refractivity contribution in [2.45, 2.75) is 19.1 Å². The summed E-state index contributed by atoms with van der Waals surface area (Å²) in [7, 11) is 0.431. The Kier molecular flexibility index (Phi) is 4.22. The topological polar surface area (TPSA) is 76.6 Å². The van der Waals surface area contributed by atoms with Crippen molar-refractivity contribution in [2.75, 3.05) is 30.6 Å². The Hall–Kier alpha value is -0.990. The van der Waals surface area contributed by atoms with E-state index in [9.17, 15) is 13.2 Å². The first-order valence-electron chi connectivity index (χ1n) is 5.84. The maximum absolute atomic E-state index is 11.5. The molecule has 0 N–H and O–H groups in total. The van der Waals surface area contributed by atoms with Gasteiger partial charge in [0, 0.05) is 20.2 Å². The average molecular weight is 304 g/mol. The van der Waals surface area contributed by atoms with E-state index in [0.717, 1.165) is 6.29 Å². The smallest absolute Gasteiger partial charge is 0.186 e. The van der Waals surface area contributed by atoms with E-state index in [0.29, 0.717) is 22.1 Å². The van der Waals surface area contributed by atoms with Crippen molar-refractivity contribution >= 4 is 32.6 Å². The third-order valence-corrected chi connectivity index (χ3v) is 6.03. The second-order valence-electron chi connectivity index (χ2n) is 4.53. The van der Waals surface area contributed by atoms with Gasteiger partial charge in [-0.2, -0.15) is 0 Å². The van der Waals surface area contributed by atoms with Gasteiger partial charge in [-0.25, -0.2) is 13.4 Å². The lowest BCUT2D eigenvalue weighted by molar-refractivity contribution is 0.112. The fraction of sp³-hybridized carbons (Fsp3) is 0.636. The molecule has 0 bridgehead atoms. The predicted molar refractivity (Wildman–Crippen MR) is 73.7 cm³/mol. The molecule has 8 heteroatoms. The van der Waals surface area contributed by atoms with Gasteiger partial charge in [0.2, 0.25) is 0 Å². The molecular formula is C11H16N2O4S2. The maximum Gasteiger partial charge on any atom is 0.186 e. The zero-order valence-electron chi connectivity index (χ0n) is 10.8. The second-order valence-corrected chi connectivity index (χ2v) is 7.76. The number of aromatic nitrogens is 1. The highest BCUT2D eigenvalue weighted by Crippen LogP contribution is 2.29. The van der Waals surface area contributed by atoms with Gasteiger partial charge in [-0.1, -0.05) is 11.3 Å². The predicted octanol–water partition coefficient (Wildman–Crippen LogP) is 0.725. The van der Waals surface area contributed by atoms with Crippen molar-refractivity contribution in [3.8, 4) is 0 Å². The molecule has 6 nitrogen and oxygen atoms in total. The number of hydrogen-bond acceptors (Lipinski definition) is 7. The van der Waals surface area contributed by atoms with E-state index in [2.05, 4.69) is 4.98 Å². The number of carbonyl (C=O) groups is 1. The van der Waals surface area contributed by atoms with Crippen LogP contribution in [0.5, 0.6) is 0 Å². The van der Waals surface area contributed by atoms with Gasteiger partial charge in [-0.05, 0) is 6.42 Å². The van der Waals surface area contributed by atoms with E-state index in [4.69, 9.17) is 4.74 Å². The standard InChI is InChI=1S/C11H16N2O4S2/c1-13(8-3-4-19(15,16)7-8)11-12-9(6-17-2)10(5-14)18-11/h5,8H,3-4,6-7H2,1-2H3. The van der Waals surface area contributed by atoms with Gasteiger partial charge in [0.1, 0.15) is 0 Å². The highest BCUT2D eigenvalue weighted by Gasteiger charge is 2.32. The molecule has 1 aliphatic heterocycles. The number of sulfone groups is 1. The largest absolute Gasteiger partial charge is 0.378 e. The first-order chi connectivity index (χ1) is 8.96. The molecule has 0 aliphatic carbocycles. The lowest BCUT2D eigenvalue weighted by atomic mass is 10.2. The molecule has 0 saturated carbocycles. The molecule has 1 aromatic heterocycles. The average Bonchev–Trinajstić information content (AvgIpc) is 2.92. The fourth-order valence-corrected chi connectivity index (χ4v) is 4.76. The van der Waals surface area contributed by atoms with Crippen molar-refractivity contribution < 1.29 is 17.9 Å². The lowest BCUT2D eigenvalue weighted by Crippen LogP contribution is -2.32. The molecule has 106 valence electrons. The molecule has 1 aliphatic rings. The summed E-state index contributed by atoms with van der Waals surface area (Å²) in [5.41, 5.74) is 0.602. The molecule has 19 heavy (non-hydrogen) atoms. The zero-order valence-corrected chi connectivity index (χ0v) is 12.5. The highest BCUT2D eigenvalue weighted by molar-refractivity contribution is 7.91. The minimum atomic E-state index is -2.93. The Morgan fingerprint density at radius 3 is 2.84 bits per heavy atom. The zero-order chi connectivity index (χ0) is 14.0. The molecule has 1 atom stereocenters. The number of ether oxygens (including phenoxy) is 1. The van der Waals surface area contributed by atoms with Crippen LogP contribution in [-0.4, -0.2) is 51.4 Å². The van der Waals surface area contributed by atoms with Crippen molar-refractivity contribution in [2.24, 2.45) is 0 Å². The number of rotatable bonds is 5. The van der Waals surface area contributed by atoms with Crippen LogP contribution in [0.3, 0.4) is 0 Å². The number of methoxy groups -OCH3 is 1. The van der Waals surface area contributed by atoms with Crippen molar-refractivity contribution in [3.05, 3.63) is 10.6 Å². The highest BCUT2D eigenvalue weighted by atomic mass is 32.2. The summed E-state index contributed by atoms with van der Waals surface area (Å²) >= 11 is 1.27. The van der Waals surface area contributed by atoms with E-state index >= 15 is 0 Å². The van der Waals surface area contributed by atoms with Crippen LogP contribution in [-0.2, 0) is 21.2 Å². The quantitative estimate of drug-likeness (QED) is 0.746. The SMILES string of the molecule is COCc1nc(N(C)C2CCS(=O)(=O)C2)sc1C=O. The van der Waals surface area contributed by atoms with Crippen molar-refractivity contribution in [3.63, 3.8) is 0 Å². The Labute approximate surface area is 116 Å². The third-order valence-electron chi connectivity index (χ3n) is 3.16. The minimum Gasteiger partial charge on any atom is -0.378 e. The Balaban J connectivity index is 2.19. The van der Waals surface area contributed by atoms with E-state index in [1.807, 2.05) is 11.9 Å². The Bertz CT molecular complexity index is 567. The summed E-state index contributed by atoms with van der Waals surface area (Å²) in [5, 5.41) is 0.663. The molecule has 1 unspecified atom stereocenters. The third kappa shape index (κ3) is 3.13. The summed E-state index contributed by atoms with van der Waals surface area (Å²) in [6, 6.07) is -0.0638. The summed E-state index contributed by atoms with van der Waals surface area (Å²) in [6.45, 7) is 0.279. The molecule has 0 spiro atoms. The number of hydrogen-bond donors (Lipinski definition) is 0. The molecule has 0 radical (unpaired) electrons. The Morgan fingerprint density at radius 1 is 1.58 bits per heavy atom. The molecule has 2 heterocycles. The van der Waals surface area contributed by atoms with Crippen molar-refractivity contribution in [1.82, 2.24) is 4.98 Å². The summed E-state index contributed by atoms with van der Waals surface area (Å²) < 4.78 is 28.0. The van der Waals surface area contributed by atoms with Crippen LogP contribution in [0.1, 0.15) is 21.8 Å². The van der Waals surface area contributed by atoms with E-state index in [-0.39, 0.29) is 24.2 Å². The summed E-state index contributed by atoms with van der Waals surface area (Å²) in [5.74, 6) is 0.373. The van der Waals surface area contributed by atoms with Crippen LogP contribution in [0, 0.1) is 0 Å². The first-order valence-corrected chi connectivity index (χ1v) is 8.47. The molecule has 1 fully saturated rings. The van der Waals surface area contributed by atoms with Gasteiger partial charge in [-0.15, -0.1) is 0 Å². The molecule has 1 saturated heterocycles. The van der Waals surface area contributed by atoms with Gasteiger partial charge in [0.15, 0.2) is 21.3 Å². The van der Waals surface area contributed by atoms with Crippen LogP contribution < -0.4 is 4.90 Å². The van der Waals surface area contributed by atoms with Crippen LogP contribution in [0.25, 0.3) is 0 Å². The number of nitrogens with zero attached hydrogens (tertiary/aromatic N) is 2. The second kappa shape index (κ2) is 5.56. The first kappa shape index (κ1) is 14.4. The monoisotopic (exact) mass is 304 g/mol. The summed E-state index contributed by atoms with van der Waals surface area (Å²) in [4.78, 5) is 17.7. The van der Waals surface area contributed by atoms with Crippen molar-refractivity contribution in [1.29, 1.82) is 0 Å². The normalized spacial score (nSPS) is 21.5. The van der Waals surface area contributed by atoms with Gasteiger partial charge in [0.25, 0.3) is 0 Å². The van der Waals surface area contributed by atoms with Crippen LogP contribution >= 0.6 is 11.3 Å². The number of thiazole rings is 1. The Morgan fingerprint density at radius 2 is 2.32 bits per heavy atom. The van der Waals surface area contributed by atoms with E-state index < -0.39 is 9.84 Å². The van der Waals surface area contributed by atoms with Gasteiger partial charge in [0.05, 0.1) is 28.7 Å². The molecule has 2 rings (SSSR count). The lowest BCUT2D eigenvalue weighted by Gasteiger charge is -2.22. The fourth-order valence-electron chi connectivity index (χ4n) is 2.07. The number of carbonyl (C=O) groups excluding carboxylic acids is 1. The molecule has 0 amide bonds. The molecule has 0 aromatic carbocycles. The molecule has 1 aromatic rings. The van der Waals surface area contributed by atoms with Gasteiger partial charge >= 0.3 is 0 Å². The number of anilines is 1. The summed E-state index contributed by atoms with van der Waals surface area (Å²) in [6.07, 6.45) is 1.36. The van der Waals surface area contributed by atoms with E-state index in [1.54, 1.807) is 7.11 Å². The minimum absolute atomic E-state index is 0.0638. The van der Waals surface area contributed by atoms with Crippen LogP contribution in [0.15, 0.2) is 0 Å². The van der Waals surface area contributed by atoms with Crippen LogP contribution in [0.4, 0.5) is 5.13 Å².